The Bertz CT molecular complexity index is 1640. The van der Waals surface area contributed by atoms with Gasteiger partial charge >= 0.3 is 12.1 Å². The number of hydrogen-bond acceptors (Lipinski definition) is 8. The van der Waals surface area contributed by atoms with Gasteiger partial charge in [0.1, 0.15) is 0 Å². The summed E-state index contributed by atoms with van der Waals surface area (Å²) in [6.45, 7) is 4.78. The van der Waals surface area contributed by atoms with Gasteiger partial charge in [0.05, 0.1) is 47.5 Å². The van der Waals surface area contributed by atoms with E-state index in [-0.39, 0.29) is 47.1 Å². The summed E-state index contributed by atoms with van der Waals surface area (Å²) in [4.78, 5) is 37.8. The lowest BCUT2D eigenvalue weighted by molar-refractivity contribution is -0.192. The standard InChI is InChI=1S/C30H37ClN4O6S.C2HF3O2/c1-29-12-7-14-34(21-29)27(36)25-18-24(10-11-26(25)31)42(38,39)35(23-8-3-2-4-9-23)15-5-6-16-40-22-30(28(37)33-19-29)20-32-13-17-41-30;3-2(4,5)1(6)7/h2-6,8-11,18,32H,7,12-17,19-22H2,1H3,(H,33,37);(H,6,7)/b6-5+;. The number of para-hydroxylation sites is 1. The first-order valence-electron chi connectivity index (χ1n) is 15.4. The van der Waals surface area contributed by atoms with Crippen LogP contribution in [-0.4, -0.2) is 107 Å². The number of ether oxygens (including phenoxy) is 2. The molecule has 2 aromatic carbocycles. The highest BCUT2D eigenvalue weighted by molar-refractivity contribution is 7.92. The molecule has 3 aliphatic rings. The highest BCUT2D eigenvalue weighted by Gasteiger charge is 2.43. The Morgan fingerprint density at radius 2 is 1.80 bits per heavy atom. The molecule has 268 valence electrons. The van der Waals surface area contributed by atoms with Crippen molar-refractivity contribution in [2.75, 3.05) is 63.4 Å². The quantitative estimate of drug-likeness (QED) is 0.375. The first-order chi connectivity index (χ1) is 23.1. The maximum absolute atomic E-state index is 14.0. The summed E-state index contributed by atoms with van der Waals surface area (Å²) in [5, 5.41) is 13.6. The van der Waals surface area contributed by atoms with Gasteiger partial charge in [0, 0.05) is 38.1 Å². The number of fused-ring (bicyclic) bond motifs is 4. The Morgan fingerprint density at radius 3 is 2.45 bits per heavy atom. The summed E-state index contributed by atoms with van der Waals surface area (Å²) in [7, 11) is -4.07. The lowest BCUT2D eigenvalue weighted by atomic mass is 9.81. The molecule has 1 spiro atoms. The van der Waals surface area contributed by atoms with Crippen LogP contribution in [0.1, 0.15) is 30.1 Å². The van der Waals surface area contributed by atoms with Crippen molar-refractivity contribution in [2.45, 2.75) is 36.4 Å². The first-order valence-corrected chi connectivity index (χ1v) is 17.2. The van der Waals surface area contributed by atoms with Gasteiger partial charge in [-0.25, -0.2) is 13.2 Å². The van der Waals surface area contributed by atoms with Gasteiger partial charge in [-0.05, 0) is 43.2 Å². The number of amides is 2. The third-order valence-corrected chi connectivity index (χ3v) is 10.4. The molecule has 4 bridgehead atoms. The molecule has 2 saturated heterocycles. The molecule has 12 nitrogen and oxygen atoms in total. The molecule has 2 amide bonds. The fourth-order valence-electron chi connectivity index (χ4n) is 5.64. The fourth-order valence-corrected chi connectivity index (χ4v) is 7.29. The number of benzene rings is 2. The zero-order chi connectivity index (χ0) is 35.9. The number of aliphatic carboxylic acids is 1. The highest BCUT2D eigenvalue weighted by atomic mass is 35.5. The Balaban J connectivity index is 0.000000698. The van der Waals surface area contributed by atoms with Gasteiger partial charge in [0.25, 0.3) is 21.8 Å². The van der Waals surface area contributed by atoms with Crippen LogP contribution in [0.3, 0.4) is 0 Å². The number of sulfonamides is 1. The van der Waals surface area contributed by atoms with Crippen LogP contribution in [-0.2, 0) is 29.1 Å². The number of nitrogens with one attached hydrogen (secondary N) is 2. The maximum atomic E-state index is 14.0. The molecule has 3 heterocycles. The first kappa shape index (κ1) is 38.1. The minimum atomic E-state index is -5.08. The number of morpholine rings is 1. The maximum Gasteiger partial charge on any atom is 0.490 e. The van der Waals surface area contributed by atoms with Gasteiger partial charge in [-0.2, -0.15) is 13.2 Å². The van der Waals surface area contributed by atoms with E-state index < -0.39 is 33.2 Å². The van der Waals surface area contributed by atoms with E-state index >= 15 is 0 Å². The van der Waals surface area contributed by atoms with Crippen molar-refractivity contribution in [3.63, 3.8) is 0 Å². The zero-order valence-corrected chi connectivity index (χ0v) is 28.2. The van der Waals surface area contributed by atoms with Gasteiger partial charge in [0.2, 0.25) is 0 Å². The third-order valence-electron chi connectivity index (χ3n) is 8.26. The number of nitrogens with zero attached hydrogens (tertiary/aromatic N) is 2. The molecule has 5 rings (SSSR count). The van der Waals surface area contributed by atoms with Crippen LogP contribution in [0, 0.1) is 5.41 Å². The Hall–Kier alpha value is -3.70. The van der Waals surface area contributed by atoms with Crippen molar-refractivity contribution >= 4 is 45.1 Å². The van der Waals surface area contributed by atoms with Crippen molar-refractivity contribution in [2.24, 2.45) is 5.41 Å². The molecule has 0 aliphatic carbocycles. The van der Waals surface area contributed by atoms with Crippen LogP contribution in [0.5, 0.6) is 0 Å². The number of hydrogen-bond donors (Lipinski definition) is 3. The molecule has 3 aliphatic heterocycles. The molecule has 2 fully saturated rings. The van der Waals surface area contributed by atoms with Gasteiger partial charge in [-0.1, -0.05) is 48.9 Å². The molecule has 49 heavy (non-hydrogen) atoms. The largest absolute Gasteiger partial charge is 0.490 e. The van der Waals surface area contributed by atoms with Crippen LogP contribution in [0.15, 0.2) is 65.6 Å². The van der Waals surface area contributed by atoms with E-state index in [1.807, 2.05) is 13.0 Å². The number of halogens is 4. The summed E-state index contributed by atoms with van der Waals surface area (Å²) in [6, 6.07) is 13.0. The summed E-state index contributed by atoms with van der Waals surface area (Å²) >= 11 is 6.48. The van der Waals surface area contributed by atoms with Crippen LogP contribution in [0.2, 0.25) is 5.02 Å². The number of rotatable bonds is 1. The Kier molecular flexibility index (Phi) is 12.4. The van der Waals surface area contributed by atoms with Crippen LogP contribution >= 0.6 is 11.6 Å². The van der Waals surface area contributed by atoms with Crippen molar-refractivity contribution in [3.05, 3.63) is 71.3 Å². The lowest BCUT2D eigenvalue weighted by Gasteiger charge is -2.42. The SMILES string of the molecule is CC12CCCN(C1)C(=O)c1cc(ccc1Cl)S(=O)(=O)N(c1ccccc1)C/C=C/COCC1(CNCCO1)C(=O)NC2.O=C(O)C(F)(F)F. The Labute approximate surface area is 287 Å². The number of piperidine rings is 1. The van der Waals surface area contributed by atoms with Gasteiger partial charge in [-0.15, -0.1) is 0 Å². The third kappa shape index (κ3) is 9.51. The monoisotopic (exact) mass is 730 g/mol. The number of anilines is 1. The number of carbonyl (C=O) groups is 3. The van der Waals surface area contributed by atoms with Crippen LogP contribution in [0.4, 0.5) is 18.9 Å². The summed E-state index contributed by atoms with van der Waals surface area (Å²) in [5.41, 5.74) is -0.997. The molecule has 0 saturated carbocycles. The minimum Gasteiger partial charge on any atom is -0.475 e. The lowest BCUT2D eigenvalue weighted by Crippen LogP contribution is -2.62. The molecule has 3 N–H and O–H groups in total. The van der Waals surface area contributed by atoms with E-state index in [2.05, 4.69) is 10.6 Å². The van der Waals surface area contributed by atoms with Gasteiger partial charge < -0.3 is 30.1 Å². The molecule has 0 radical (unpaired) electrons. The Morgan fingerprint density at radius 1 is 1.08 bits per heavy atom. The number of carbonyl (C=O) groups excluding carboxylic acids is 2. The van der Waals surface area contributed by atoms with Gasteiger partial charge in [-0.3, -0.25) is 13.9 Å². The average molecular weight is 731 g/mol. The second-order valence-corrected chi connectivity index (χ2v) is 14.4. The minimum absolute atomic E-state index is 0.0236. The molecular formula is C32H38ClF3N4O8S. The van der Waals surface area contributed by atoms with Crippen molar-refractivity contribution in [1.29, 1.82) is 0 Å². The second kappa shape index (κ2) is 15.9. The van der Waals surface area contributed by atoms with Crippen LogP contribution < -0.4 is 14.9 Å². The van der Waals surface area contributed by atoms with Crippen molar-refractivity contribution in [1.82, 2.24) is 15.5 Å². The van der Waals surface area contributed by atoms with E-state index in [4.69, 9.17) is 31.0 Å². The molecule has 2 unspecified atom stereocenters. The fraction of sp³-hybridized carbons (Fsp3) is 0.469. The van der Waals surface area contributed by atoms with E-state index in [0.717, 1.165) is 12.8 Å². The van der Waals surface area contributed by atoms with E-state index in [1.54, 1.807) is 41.3 Å². The molecular weight excluding hydrogens is 693 g/mol. The molecule has 2 atom stereocenters. The summed E-state index contributed by atoms with van der Waals surface area (Å²) in [5.74, 6) is -3.37. The second-order valence-electron chi connectivity index (χ2n) is 12.1. The molecule has 17 heteroatoms. The number of carboxylic acid groups (broad SMARTS) is 1. The predicted octanol–water partition coefficient (Wildman–Crippen LogP) is 3.47. The summed E-state index contributed by atoms with van der Waals surface area (Å²) in [6.07, 6.45) is -0.134. The van der Waals surface area contributed by atoms with E-state index in [1.165, 1.54) is 22.5 Å². The molecule has 2 aromatic rings. The van der Waals surface area contributed by atoms with Gasteiger partial charge in [0.15, 0.2) is 5.60 Å². The zero-order valence-electron chi connectivity index (χ0n) is 26.7. The van der Waals surface area contributed by atoms with Crippen molar-refractivity contribution < 1.29 is 50.6 Å². The normalized spacial score (nSPS) is 25.9. The summed E-state index contributed by atoms with van der Waals surface area (Å²) < 4.78 is 72.8. The van der Waals surface area contributed by atoms with Crippen molar-refractivity contribution in [3.8, 4) is 0 Å². The number of alkyl halides is 3. The number of carboxylic acids is 1. The molecule has 0 aromatic heterocycles. The van der Waals surface area contributed by atoms with E-state index in [9.17, 15) is 31.2 Å². The highest BCUT2D eigenvalue weighted by Crippen LogP contribution is 2.33. The topological polar surface area (TPSA) is 155 Å². The van der Waals surface area contributed by atoms with Crippen LogP contribution in [0.25, 0.3) is 0 Å². The predicted molar refractivity (Wildman–Crippen MR) is 174 cm³/mol. The smallest absolute Gasteiger partial charge is 0.475 e. The average Bonchev–Trinajstić information content (AvgIpc) is 3.07. The van der Waals surface area contributed by atoms with E-state index in [0.29, 0.717) is 45.0 Å².